The standard InChI is InChI=1S/C18H30N4O3/c1-12-20-10-14(18(5,24)11-19)15(21-12)13-6-8-22(9-7-13)16(23)25-17(2,3)4/h10,13,24H,6-9,11,19H2,1-5H3. The summed E-state index contributed by atoms with van der Waals surface area (Å²) in [5, 5.41) is 10.6. The number of aryl methyl sites for hydroxylation is 1. The van der Waals surface area contributed by atoms with Crippen LogP contribution in [0.1, 0.15) is 63.5 Å². The van der Waals surface area contributed by atoms with E-state index in [-0.39, 0.29) is 18.6 Å². The average Bonchev–Trinajstić information content (AvgIpc) is 2.53. The number of hydrogen-bond donors (Lipinski definition) is 2. The van der Waals surface area contributed by atoms with E-state index in [1.807, 2.05) is 27.7 Å². The molecule has 2 rings (SSSR count). The number of carbonyl (C=O) groups excluding carboxylic acids is 1. The van der Waals surface area contributed by atoms with E-state index in [4.69, 9.17) is 10.5 Å². The summed E-state index contributed by atoms with van der Waals surface area (Å²) in [7, 11) is 0. The number of aromatic nitrogens is 2. The zero-order valence-corrected chi connectivity index (χ0v) is 15.9. The zero-order chi connectivity index (χ0) is 18.8. The molecule has 1 aliphatic rings. The van der Waals surface area contributed by atoms with Gasteiger partial charge in [0.2, 0.25) is 0 Å². The molecule has 0 radical (unpaired) electrons. The summed E-state index contributed by atoms with van der Waals surface area (Å²) in [6.45, 7) is 10.4. The van der Waals surface area contributed by atoms with Crippen molar-refractivity contribution in [3.8, 4) is 0 Å². The van der Waals surface area contributed by atoms with E-state index >= 15 is 0 Å². The molecule has 1 aromatic heterocycles. The summed E-state index contributed by atoms with van der Waals surface area (Å²) in [6, 6.07) is 0. The molecule has 1 aliphatic heterocycles. The van der Waals surface area contributed by atoms with Gasteiger partial charge in [0.25, 0.3) is 0 Å². The predicted molar refractivity (Wildman–Crippen MR) is 95.2 cm³/mol. The lowest BCUT2D eigenvalue weighted by Gasteiger charge is -2.35. The summed E-state index contributed by atoms with van der Waals surface area (Å²) in [4.78, 5) is 22.7. The third-order valence-corrected chi connectivity index (χ3v) is 4.45. The molecule has 0 spiro atoms. The van der Waals surface area contributed by atoms with Crippen LogP contribution < -0.4 is 5.73 Å². The number of aliphatic hydroxyl groups is 1. The van der Waals surface area contributed by atoms with Crippen LogP contribution in [0.2, 0.25) is 0 Å². The fraction of sp³-hybridized carbons (Fsp3) is 0.722. The highest BCUT2D eigenvalue weighted by Crippen LogP contribution is 2.33. The van der Waals surface area contributed by atoms with Gasteiger partial charge in [-0.1, -0.05) is 0 Å². The topological polar surface area (TPSA) is 102 Å². The molecular weight excluding hydrogens is 320 g/mol. The first kappa shape index (κ1) is 19.6. The Morgan fingerprint density at radius 2 is 1.96 bits per heavy atom. The Hall–Kier alpha value is -1.73. The molecule has 25 heavy (non-hydrogen) atoms. The third kappa shape index (κ3) is 4.89. The molecule has 140 valence electrons. The lowest BCUT2D eigenvalue weighted by molar-refractivity contribution is 0.0200. The largest absolute Gasteiger partial charge is 0.444 e. The van der Waals surface area contributed by atoms with Gasteiger partial charge in [0, 0.05) is 37.3 Å². The SMILES string of the molecule is Cc1ncc(C(C)(O)CN)c(C2CCN(C(=O)OC(C)(C)C)CC2)n1. The smallest absolute Gasteiger partial charge is 0.410 e. The Morgan fingerprint density at radius 1 is 1.36 bits per heavy atom. The van der Waals surface area contributed by atoms with E-state index in [9.17, 15) is 9.90 Å². The van der Waals surface area contributed by atoms with Gasteiger partial charge in [-0.2, -0.15) is 0 Å². The van der Waals surface area contributed by atoms with E-state index in [0.717, 1.165) is 18.5 Å². The van der Waals surface area contributed by atoms with E-state index in [1.54, 1.807) is 18.0 Å². The number of amides is 1. The Kier molecular flexibility index (Phi) is 5.68. The first-order valence-corrected chi connectivity index (χ1v) is 8.78. The zero-order valence-electron chi connectivity index (χ0n) is 15.9. The molecule has 0 aromatic carbocycles. The second-order valence-electron chi connectivity index (χ2n) is 7.94. The van der Waals surface area contributed by atoms with Crippen molar-refractivity contribution in [3.05, 3.63) is 23.3 Å². The summed E-state index contributed by atoms with van der Waals surface area (Å²) < 4.78 is 5.44. The molecule has 0 bridgehead atoms. The molecule has 1 saturated heterocycles. The Bertz CT molecular complexity index is 617. The van der Waals surface area contributed by atoms with Gasteiger partial charge in [-0.25, -0.2) is 14.8 Å². The number of nitrogens with two attached hydrogens (primary N) is 1. The number of nitrogens with zero attached hydrogens (tertiary/aromatic N) is 3. The van der Waals surface area contributed by atoms with E-state index in [1.165, 1.54) is 0 Å². The van der Waals surface area contributed by atoms with Crippen molar-refractivity contribution >= 4 is 6.09 Å². The molecule has 1 fully saturated rings. The lowest BCUT2D eigenvalue weighted by atomic mass is 9.85. The number of piperidine rings is 1. The van der Waals surface area contributed by atoms with E-state index in [0.29, 0.717) is 24.5 Å². The fourth-order valence-electron chi connectivity index (χ4n) is 2.99. The van der Waals surface area contributed by atoms with Gasteiger partial charge in [-0.15, -0.1) is 0 Å². The Balaban J connectivity index is 2.13. The molecule has 3 N–H and O–H groups in total. The van der Waals surface area contributed by atoms with Crippen LogP contribution in [0.5, 0.6) is 0 Å². The first-order valence-electron chi connectivity index (χ1n) is 8.78. The predicted octanol–water partition coefficient (Wildman–Crippen LogP) is 2.07. The molecule has 0 saturated carbocycles. The van der Waals surface area contributed by atoms with Crippen molar-refractivity contribution in [3.63, 3.8) is 0 Å². The quantitative estimate of drug-likeness (QED) is 0.865. The Morgan fingerprint density at radius 3 is 2.48 bits per heavy atom. The number of ether oxygens (including phenoxy) is 1. The minimum Gasteiger partial charge on any atom is -0.444 e. The minimum atomic E-state index is -1.16. The van der Waals surface area contributed by atoms with Crippen LogP contribution in [-0.4, -0.2) is 51.3 Å². The van der Waals surface area contributed by atoms with Crippen molar-refractivity contribution in [2.45, 2.75) is 64.6 Å². The van der Waals surface area contributed by atoms with Crippen LogP contribution in [0.15, 0.2) is 6.20 Å². The van der Waals surface area contributed by atoms with Crippen LogP contribution in [-0.2, 0) is 10.3 Å². The molecule has 1 unspecified atom stereocenters. The van der Waals surface area contributed by atoms with Gasteiger partial charge in [0.05, 0.1) is 5.69 Å². The average molecular weight is 350 g/mol. The molecule has 1 amide bonds. The second-order valence-corrected chi connectivity index (χ2v) is 7.94. The number of rotatable bonds is 3. The minimum absolute atomic E-state index is 0.100. The highest BCUT2D eigenvalue weighted by Gasteiger charge is 2.33. The van der Waals surface area contributed by atoms with Crippen LogP contribution in [0.4, 0.5) is 4.79 Å². The summed E-state index contributed by atoms with van der Waals surface area (Å²) >= 11 is 0. The van der Waals surface area contributed by atoms with Gasteiger partial charge < -0.3 is 20.5 Å². The highest BCUT2D eigenvalue weighted by molar-refractivity contribution is 5.68. The fourth-order valence-corrected chi connectivity index (χ4v) is 2.99. The summed E-state index contributed by atoms with van der Waals surface area (Å²) in [5.41, 5.74) is 5.58. The molecule has 7 nitrogen and oxygen atoms in total. The third-order valence-electron chi connectivity index (χ3n) is 4.45. The van der Waals surface area contributed by atoms with Crippen LogP contribution in [0, 0.1) is 6.92 Å². The molecule has 2 heterocycles. The first-order chi connectivity index (χ1) is 11.5. The molecule has 1 aromatic rings. The second kappa shape index (κ2) is 7.25. The van der Waals surface area contributed by atoms with Gasteiger partial charge in [0.1, 0.15) is 17.0 Å². The van der Waals surface area contributed by atoms with E-state index in [2.05, 4.69) is 9.97 Å². The molecule has 7 heteroatoms. The van der Waals surface area contributed by atoms with Gasteiger partial charge in [0.15, 0.2) is 0 Å². The van der Waals surface area contributed by atoms with Crippen molar-refractivity contribution in [2.24, 2.45) is 5.73 Å². The maximum Gasteiger partial charge on any atom is 0.410 e. The monoisotopic (exact) mass is 350 g/mol. The van der Waals surface area contributed by atoms with Crippen molar-refractivity contribution in [1.82, 2.24) is 14.9 Å². The van der Waals surface area contributed by atoms with Gasteiger partial charge in [-0.05, 0) is 47.5 Å². The Labute approximate surface area is 149 Å². The maximum absolute atomic E-state index is 12.2. The normalized spacial score (nSPS) is 18.8. The van der Waals surface area contributed by atoms with Gasteiger partial charge in [-0.3, -0.25) is 0 Å². The van der Waals surface area contributed by atoms with Crippen molar-refractivity contribution in [2.75, 3.05) is 19.6 Å². The van der Waals surface area contributed by atoms with Crippen LogP contribution >= 0.6 is 0 Å². The number of likely N-dealkylation sites (tertiary alicyclic amines) is 1. The van der Waals surface area contributed by atoms with E-state index < -0.39 is 11.2 Å². The molecular formula is C18H30N4O3. The number of carbonyl (C=O) groups is 1. The van der Waals surface area contributed by atoms with Gasteiger partial charge >= 0.3 is 6.09 Å². The van der Waals surface area contributed by atoms with Crippen molar-refractivity contribution < 1.29 is 14.6 Å². The summed E-state index contributed by atoms with van der Waals surface area (Å²) in [5.74, 6) is 0.828. The summed E-state index contributed by atoms with van der Waals surface area (Å²) in [6.07, 6.45) is 2.93. The number of hydrogen-bond acceptors (Lipinski definition) is 6. The van der Waals surface area contributed by atoms with Crippen LogP contribution in [0.25, 0.3) is 0 Å². The lowest BCUT2D eigenvalue weighted by Crippen LogP contribution is -2.42. The molecule has 1 atom stereocenters. The maximum atomic E-state index is 12.2. The van der Waals surface area contributed by atoms with Crippen LogP contribution in [0.3, 0.4) is 0 Å². The van der Waals surface area contributed by atoms with Crippen molar-refractivity contribution in [1.29, 1.82) is 0 Å². The highest BCUT2D eigenvalue weighted by atomic mass is 16.6. The molecule has 0 aliphatic carbocycles.